The second-order valence-electron chi connectivity index (χ2n) is 7.63. The number of benzene rings is 1. The second-order valence-corrected chi connectivity index (χ2v) is 8.77. The van der Waals surface area contributed by atoms with Crippen LogP contribution in [0.4, 0.5) is 10.5 Å². The van der Waals surface area contributed by atoms with Crippen LogP contribution in [0.1, 0.15) is 20.8 Å². The highest BCUT2D eigenvalue weighted by molar-refractivity contribution is 7.99. The van der Waals surface area contributed by atoms with Crippen molar-refractivity contribution < 1.29 is 9.53 Å². The van der Waals surface area contributed by atoms with E-state index >= 15 is 0 Å². The Hall–Kier alpha value is -2.46. The smallest absolute Gasteiger partial charge is 0.410 e. The lowest BCUT2D eigenvalue weighted by atomic mass is 10.2. The molecule has 9 nitrogen and oxygen atoms in total. The molecule has 0 spiro atoms. The van der Waals surface area contributed by atoms with Crippen LogP contribution in [0.5, 0.6) is 0 Å². The summed E-state index contributed by atoms with van der Waals surface area (Å²) in [5.41, 5.74) is 16.7. The molecule has 1 fully saturated rings. The monoisotopic (exact) mass is 421 g/mol. The molecule has 1 aromatic rings. The van der Waals surface area contributed by atoms with Crippen LogP contribution in [0.15, 0.2) is 39.1 Å². The summed E-state index contributed by atoms with van der Waals surface area (Å²) in [4.78, 5) is 25.3. The maximum absolute atomic E-state index is 12.1. The Morgan fingerprint density at radius 2 is 1.79 bits per heavy atom. The van der Waals surface area contributed by atoms with Crippen molar-refractivity contribution in [3.05, 3.63) is 24.3 Å². The van der Waals surface area contributed by atoms with Gasteiger partial charge in [-0.1, -0.05) is 12.1 Å². The summed E-state index contributed by atoms with van der Waals surface area (Å²) in [6.07, 6.45) is -0.239. The van der Waals surface area contributed by atoms with Gasteiger partial charge in [-0.3, -0.25) is 4.90 Å². The van der Waals surface area contributed by atoms with Gasteiger partial charge in [0.25, 0.3) is 0 Å². The molecule has 0 aliphatic carbocycles. The molecule has 6 N–H and O–H groups in total. The fourth-order valence-corrected chi connectivity index (χ4v) is 3.72. The average molecular weight is 422 g/mol. The number of nitrogens with two attached hydrogens (primary N) is 3. The summed E-state index contributed by atoms with van der Waals surface area (Å²) in [6.45, 7) is 9.56. The van der Waals surface area contributed by atoms with E-state index in [4.69, 9.17) is 21.9 Å². The van der Waals surface area contributed by atoms with Crippen molar-refractivity contribution in [3.63, 3.8) is 0 Å². The summed E-state index contributed by atoms with van der Waals surface area (Å²) in [6, 6.07) is 7.71. The number of thioether (sulfide) groups is 1. The van der Waals surface area contributed by atoms with Crippen LogP contribution in [0.25, 0.3) is 0 Å². The molecule has 10 heteroatoms. The van der Waals surface area contributed by atoms with Crippen molar-refractivity contribution in [2.75, 3.05) is 38.5 Å². The van der Waals surface area contributed by atoms with Gasteiger partial charge in [0.15, 0.2) is 5.96 Å². The number of para-hydroxylation sites is 1. The molecule has 1 amide bonds. The Kier molecular flexibility index (Phi) is 8.15. The molecule has 0 unspecified atom stereocenters. The van der Waals surface area contributed by atoms with E-state index in [-0.39, 0.29) is 18.0 Å². The highest BCUT2D eigenvalue weighted by Gasteiger charge is 2.25. The maximum atomic E-state index is 12.1. The first-order valence-corrected chi connectivity index (χ1v) is 10.5. The van der Waals surface area contributed by atoms with Gasteiger partial charge >= 0.3 is 6.09 Å². The predicted octanol–water partition coefficient (Wildman–Crippen LogP) is 1.55. The Balaban J connectivity index is 1.82. The number of carbonyl (C=O) groups is 1. The zero-order valence-corrected chi connectivity index (χ0v) is 18.1. The predicted molar refractivity (Wildman–Crippen MR) is 119 cm³/mol. The quantitative estimate of drug-likeness (QED) is 0.373. The van der Waals surface area contributed by atoms with Gasteiger partial charge in [0.05, 0.1) is 5.69 Å². The molecule has 1 aliphatic heterocycles. The van der Waals surface area contributed by atoms with Gasteiger partial charge in [0, 0.05) is 43.4 Å². The van der Waals surface area contributed by atoms with E-state index in [9.17, 15) is 4.79 Å². The average Bonchev–Trinajstić information content (AvgIpc) is 2.61. The van der Waals surface area contributed by atoms with E-state index in [1.165, 1.54) is 0 Å². The molecule has 0 radical (unpaired) electrons. The number of aliphatic imine (C=N–C) groups is 2. The maximum Gasteiger partial charge on any atom is 0.410 e. The third-order valence-corrected chi connectivity index (χ3v) is 5.08. The van der Waals surface area contributed by atoms with Crippen molar-refractivity contribution in [3.8, 4) is 0 Å². The topological polar surface area (TPSA) is 136 Å². The van der Waals surface area contributed by atoms with E-state index in [2.05, 4.69) is 14.9 Å². The lowest BCUT2D eigenvalue weighted by Gasteiger charge is -2.35. The Bertz CT molecular complexity index is 749. The molecule has 1 aromatic carbocycles. The van der Waals surface area contributed by atoms with E-state index in [0.717, 1.165) is 36.0 Å². The number of ether oxygens (including phenoxy) is 1. The largest absolute Gasteiger partial charge is 0.444 e. The molecular weight excluding hydrogens is 390 g/mol. The van der Waals surface area contributed by atoms with Gasteiger partial charge in [-0.25, -0.2) is 9.79 Å². The molecule has 1 heterocycles. The summed E-state index contributed by atoms with van der Waals surface area (Å²) >= 11 is 1.70. The summed E-state index contributed by atoms with van der Waals surface area (Å²) < 4.78 is 5.44. The number of guanidine groups is 2. The van der Waals surface area contributed by atoms with Crippen molar-refractivity contribution in [2.45, 2.75) is 31.3 Å². The SMILES string of the molecule is CC(C)(C)OC(=O)N1CCN(CCSc2ccccc2N=C(N)N=C(N)N)CC1. The molecular formula is C19H31N7O2S. The third-order valence-electron chi connectivity index (χ3n) is 4.03. The van der Waals surface area contributed by atoms with E-state index in [1.54, 1.807) is 16.7 Å². The Labute approximate surface area is 176 Å². The zero-order valence-electron chi connectivity index (χ0n) is 17.3. The summed E-state index contributed by atoms with van der Waals surface area (Å²) in [5, 5.41) is 0. The molecule has 2 rings (SSSR count). The van der Waals surface area contributed by atoms with Crippen LogP contribution in [-0.4, -0.2) is 71.9 Å². The number of rotatable bonds is 5. The first-order chi connectivity index (χ1) is 13.6. The van der Waals surface area contributed by atoms with Gasteiger partial charge in [0.1, 0.15) is 5.60 Å². The first kappa shape index (κ1) is 22.8. The van der Waals surface area contributed by atoms with Gasteiger partial charge in [-0.15, -0.1) is 11.8 Å². The Morgan fingerprint density at radius 1 is 1.14 bits per heavy atom. The zero-order chi connectivity index (χ0) is 21.4. The van der Waals surface area contributed by atoms with Gasteiger partial charge in [0.2, 0.25) is 5.96 Å². The summed E-state index contributed by atoms with van der Waals surface area (Å²) in [5.74, 6) is 0.791. The molecule has 29 heavy (non-hydrogen) atoms. The number of carbonyl (C=O) groups excluding carboxylic acids is 1. The molecule has 0 atom stereocenters. The number of piperazine rings is 1. The molecule has 1 saturated heterocycles. The lowest BCUT2D eigenvalue weighted by Crippen LogP contribution is -2.50. The van der Waals surface area contributed by atoms with Gasteiger partial charge in [-0.05, 0) is 32.9 Å². The molecule has 1 aliphatic rings. The van der Waals surface area contributed by atoms with Crippen molar-refractivity contribution in [2.24, 2.45) is 27.2 Å². The minimum absolute atomic E-state index is 0.0244. The number of nitrogens with zero attached hydrogens (tertiary/aromatic N) is 4. The van der Waals surface area contributed by atoms with E-state index < -0.39 is 5.60 Å². The molecule has 160 valence electrons. The lowest BCUT2D eigenvalue weighted by molar-refractivity contribution is 0.0150. The van der Waals surface area contributed by atoms with Crippen LogP contribution in [-0.2, 0) is 4.74 Å². The highest BCUT2D eigenvalue weighted by Crippen LogP contribution is 2.29. The van der Waals surface area contributed by atoms with Crippen molar-refractivity contribution in [1.29, 1.82) is 0 Å². The second kappa shape index (κ2) is 10.4. The van der Waals surface area contributed by atoms with Crippen LogP contribution in [0.3, 0.4) is 0 Å². The Morgan fingerprint density at radius 3 is 2.41 bits per heavy atom. The van der Waals surface area contributed by atoms with Crippen molar-refractivity contribution in [1.82, 2.24) is 9.80 Å². The third kappa shape index (κ3) is 8.20. The minimum Gasteiger partial charge on any atom is -0.444 e. The van der Waals surface area contributed by atoms with Crippen LogP contribution in [0.2, 0.25) is 0 Å². The molecule has 0 bridgehead atoms. The number of hydrogen-bond acceptors (Lipinski definition) is 5. The van der Waals surface area contributed by atoms with Crippen LogP contribution < -0.4 is 17.2 Å². The van der Waals surface area contributed by atoms with Gasteiger partial charge < -0.3 is 26.8 Å². The van der Waals surface area contributed by atoms with Crippen molar-refractivity contribution >= 4 is 35.5 Å². The summed E-state index contributed by atoms with van der Waals surface area (Å²) in [7, 11) is 0. The highest BCUT2D eigenvalue weighted by atomic mass is 32.2. The minimum atomic E-state index is -0.467. The standard InChI is InChI=1S/C19H31N7O2S/c1-19(2,3)28-18(27)26-10-8-25(9-11-26)12-13-29-15-7-5-4-6-14(15)23-17(22)24-16(20)21/h4-7H,8-13H2,1-3H3,(H6,20,21,22,23,24). The number of hydrogen-bond donors (Lipinski definition) is 3. The molecule has 0 saturated carbocycles. The fourth-order valence-electron chi connectivity index (χ4n) is 2.72. The van der Waals surface area contributed by atoms with E-state index in [0.29, 0.717) is 13.1 Å². The normalized spacial score (nSPS) is 15.8. The van der Waals surface area contributed by atoms with Gasteiger partial charge in [-0.2, -0.15) is 4.99 Å². The fraction of sp³-hybridized carbons (Fsp3) is 0.526. The molecule has 0 aromatic heterocycles. The number of amides is 1. The van der Waals surface area contributed by atoms with Crippen LogP contribution in [0, 0.1) is 0 Å². The van der Waals surface area contributed by atoms with E-state index in [1.807, 2.05) is 45.0 Å². The first-order valence-electron chi connectivity index (χ1n) is 9.50. The van der Waals surface area contributed by atoms with Crippen LogP contribution >= 0.6 is 11.8 Å².